The van der Waals surface area contributed by atoms with Crippen LogP contribution in [0.25, 0.3) is 10.6 Å². The molecule has 0 radical (unpaired) electrons. The fourth-order valence-corrected chi connectivity index (χ4v) is 2.00. The van der Waals surface area contributed by atoms with Crippen molar-refractivity contribution in [1.82, 2.24) is 9.97 Å². The van der Waals surface area contributed by atoms with E-state index in [1.807, 2.05) is 6.07 Å². The molecule has 0 unspecified atom stereocenters. The molecule has 0 aromatic carbocycles. The molecule has 2 aromatic rings. The number of pyridine rings is 1. The average Bonchev–Trinajstić information content (AvgIpc) is 2.89. The van der Waals surface area contributed by atoms with E-state index in [-0.39, 0.29) is 0 Å². The predicted octanol–water partition coefficient (Wildman–Crippen LogP) is 2.90. The molecule has 0 aliphatic carbocycles. The number of aromatic nitrogens is 2. The summed E-state index contributed by atoms with van der Waals surface area (Å²) < 4.78 is 0. The molecule has 2 aromatic heterocycles. The van der Waals surface area contributed by atoms with Gasteiger partial charge in [0.2, 0.25) is 0 Å². The van der Waals surface area contributed by atoms with Gasteiger partial charge in [-0.15, -0.1) is 11.3 Å². The summed E-state index contributed by atoms with van der Waals surface area (Å²) in [7, 11) is 0. The molecule has 0 saturated carbocycles. The Morgan fingerprint density at radius 1 is 1.47 bits per heavy atom. The van der Waals surface area contributed by atoms with E-state index >= 15 is 0 Å². The second kappa shape index (κ2) is 5.41. The highest BCUT2D eigenvalue weighted by Crippen LogP contribution is 2.24. The van der Waals surface area contributed by atoms with Crippen molar-refractivity contribution in [3.8, 4) is 16.6 Å². The Bertz CT molecular complexity index is 528. The van der Waals surface area contributed by atoms with Gasteiger partial charge in [0.05, 0.1) is 21.6 Å². The minimum absolute atomic E-state index is 0.576. The minimum Gasteiger partial charge on any atom is -0.369 e. The van der Waals surface area contributed by atoms with E-state index in [1.165, 1.54) is 11.3 Å². The largest absolute Gasteiger partial charge is 0.369 e. The summed E-state index contributed by atoms with van der Waals surface area (Å²) in [5.74, 6) is 0.653. The topological polar surface area (TPSA) is 61.6 Å². The van der Waals surface area contributed by atoms with Gasteiger partial charge in [-0.3, -0.25) is 4.98 Å². The Labute approximate surface area is 104 Å². The Kier molecular flexibility index (Phi) is 3.68. The van der Waals surface area contributed by atoms with E-state index in [0.29, 0.717) is 11.4 Å². The minimum atomic E-state index is 0.576. The van der Waals surface area contributed by atoms with Crippen LogP contribution in [0.15, 0.2) is 23.8 Å². The highest BCUT2D eigenvalue weighted by atomic mass is 32.1. The predicted molar refractivity (Wildman–Crippen MR) is 68.8 cm³/mol. The number of nitrogens with one attached hydrogen (secondary N) is 1. The van der Waals surface area contributed by atoms with Crippen LogP contribution in [-0.4, -0.2) is 16.5 Å². The molecule has 4 nitrogen and oxygen atoms in total. The first kappa shape index (κ1) is 11.6. The lowest BCUT2D eigenvalue weighted by Gasteiger charge is -2.07. The molecule has 17 heavy (non-hydrogen) atoms. The molecule has 0 aliphatic heterocycles. The van der Waals surface area contributed by atoms with Gasteiger partial charge in [-0.25, -0.2) is 4.98 Å². The normalized spacial score (nSPS) is 9.88. The van der Waals surface area contributed by atoms with Crippen LogP contribution in [0.2, 0.25) is 0 Å². The molecule has 5 heteroatoms. The molecule has 0 aliphatic rings. The van der Waals surface area contributed by atoms with E-state index in [2.05, 4.69) is 28.3 Å². The first-order chi connectivity index (χ1) is 8.35. The number of nitriles is 1. The first-order valence-electron chi connectivity index (χ1n) is 5.39. The molecule has 2 heterocycles. The van der Waals surface area contributed by atoms with Crippen molar-refractivity contribution in [3.63, 3.8) is 0 Å². The Morgan fingerprint density at radius 3 is 3.00 bits per heavy atom. The van der Waals surface area contributed by atoms with Gasteiger partial charge in [-0.1, -0.05) is 6.92 Å². The first-order valence-corrected chi connectivity index (χ1v) is 6.27. The number of rotatable bonds is 4. The van der Waals surface area contributed by atoms with Crippen LogP contribution < -0.4 is 5.32 Å². The van der Waals surface area contributed by atoms with Gasteiger partial charge in [0.1, 0.15) is 11.9 Å². The molecule has 0 bridgehead atoms. The van der Waals surface area contributed by atoms with Crippen LogP contribution >= 0.6 is 11.3 Å². The van der Waals surface area contributed by atoms with E-state index < -0.39 is 0 Å². The number of thiazole rings is 1. The molecule has 0 spiro atoms. The van der Waals surface area contributed by atoms with Gasteiger partial charge in [0.15, 0.2) is 0 Å². The molecule has 2 rings (SSSR count). The zero-order chi connectivity index (χ0) is 12.1. The zero-order valence-corrected chi connectivity index (χ0v) is 10.3. The molecule has 0 saturated heterocycles. The summed E-state index contributed by atoms with van der Waals surface area (Å²) in [4.78, 5) is 9.49. The van der Waals surface area contributed by atoms with Crippen molar-refractivity contribution in [2.24, 2.45) is 0 Å². The highest BCUT2D eigenvalue weighted by Gasteiger charge is 2.07. The van der Waals surface area contributed by atoms with E-state index in [4.69, 9.17) is 5.26 Å². The van der Waals surface area contributed by atoms with E-state index in [0.717, 1.165) is 23.5 Å². The average molecular weight is 244 g/mol. The third kappa shape index (κ3) is 2.60. The van der Waals surface area contributed by atoms with Crippen LogP contribution in [-0.2, 0) is 0 Å². The maximum absolute atomic E-state index is 9.00. The number of nitrogens with zero attached hydrogens (tertiary/aromatic N) is 3. The second-order valence-corrected chi connectivity index (χ2v) is 4.38. The van der Waals surface area contributed by atoms with Crippen LogP contribution in [0, 0.1) is 11.3 Å². The van der Waals surface area contributed by atoms with Gasteiger partial charge < -0.3 is 5.32 Å². The van der Waals surface area contributed by atoms with Crippen LogP contribution in [0.3, 0.4) is 0 Å². The molecule has 0 atom stereocenters. The SMILES string of the molecule is CCCNc1nc(-c2cncs2)ccc1C#N. The Balaban J connectivity index is 2.35. The Morgan fingerprint density at radius 2 is 2.35 bits per heavy atom. The second-order valence-electron chi connectivity index (χ2n) is 3.50. The van der Waals surface area contributed by atoms with Crippen LogP contribution in [0.4, 0.5) is 5.82 Å². The number of hydrogen-bond acceptors (Lipinski definition) is 5. The van der Waals surface area contributed by atoms with E-state index in [1.54, 1.807) is 17.8 Å². The summed E-state index contributed by atoms with van der Waals surface area (Å²) in [5.41, 5.74) is 3.20. The van der Waals surface area contributed by atoms with Gasteiger partial charge in [0, 0.05) is 12.7 Å². The van der Waals surface area contributed by atoms with Gasteiger partial charge in [-0.2, -0.15) is 5.26 Å². The standard InChI is InChI=1S/C12H12N4S/c1-2-5-15-12-9(6-13)3-4-10(16-12)11-7-14-8-17-11/h3-4,7-8H,2,5H2,1H3,(H,15,16). The van der Waals surface area contributed by atoms with Crippen molar-refractivity contribution in [2.75, 3.05) is 11.9 Å². The molecule has 0 amide bonds. The van der Waals surface area contributed by atoms with Crippen molar-refractivity contribution < 1.29 is 0 Å². The lowest BCUT2D eigenvalue weighted by Crippen LogP contribution is -2.04. The monoisotopic (exact) mass is 244 g/mol. The molecule has 0 fully saturated rings. The maximum atomic E-state index is 9.00. The number of hydrogen-bond donors (Lipinski definition) is 1. The van der Waals surface area contributed by atoms with Crippen LogP contribution in [0.5, 0.6) is 0 Å². The lowest BCUT2D eigenvalue weighted by atomic mass is 10.2. The Hall–Kier alpha value is -1.93. The summed E-state index contributed by atoms with van der Waals surface area (Å²) in [6.45, 7) is 2.89. The maximum Gasteiger partial charge on any atom is 0.144 e. The highest BCUT2D eigenvalue weighted by molar-refractivity contribution is 7.13. The van der Waals surface area contributed by atoms with Crippen molar-refractivity contribution >= 4 is 17.2 Å². The van der Waals surface area contributed by atoms with Crippen molar-refractivity contribution in [3.05, 3.63) is 29.4 Å². The fraction of sp³-hybridized carbons (Fsp3) is 0.250. The van der Waals surface area contributed by atoms with E-state index in [9.17, 15) is 0 Å². The van der Waals surface area contributed by atoms with Gasteiger partial charge in [0.25, 0.3) is 0 Å². The summed E-state index contributed by atoms with van der Waals surface area (Å²) in [6, 6.07) is 5.78. The van der Waals surface area contributed by atoms with Crippen molar-refractivity contribution in [2.45, 2.75) is 13.3 Å². The van der Waals surface area contributed by atoms with Crippen molar-refractivity contribution in [1.29, 1.82) is 5.26 Å². The summed E-state index contributed by atoms with van der Waals surface area (Å²) in [5, 5.41) is 12.2. The smallest absolute Gasteiger partial charge is 0.144 e. The number of anilines is 1. The fourth-order valence-electron chi connectivity index (χ4n) is 1.41. The summed E-state index contributed by atoms with van der Waals surface area (Å²) >= 11 is 1.54. The molecule has 86 valence electrons. The zero-order valence-electron chi connectivity index (χ0n) is 9.47. The molecular weight excluding hydrogens is 232 g/mol. The molecular formula is C12H12N4S. The quantitative estimate of drug-likeness (QED) is 0.898. The lowest BCUT2D eigenvalue weighted by molar-refractivity contribution is 0.968. The third-order valence-electron chi connectivity index (χ3n) is 2.24. The van der Waals surface area contributed by atoms with Crippen LogP contribution in [0.1, 0.15) is 18.9 Å². The molecule has 1 N–H and O–H groups in total. The van der Waals surface area contributed by atoms with Gasteiger partial charge >= 0.3 is 0 Å². The third-order valence-corrected chi connectivity index (χ3v) is 3.04. The van der Waals surface area contributed by atoms with Gasteiger partial charge in [-0.05, 0) is 18.6 Å². The summed E-state index contributed by atoms with van der Waals surface area (Å²) in [6.07, 6.45) is 2.78.